The number of hydrogen-bond acceptors (Lipinski definition) is 4. The van der Waals surface area contributed by atoms with Crippen LogP contribution in [0.2, 0.25) is 5.02 Å². The predicted octanol–water partition coefficient (Wildman–Crippen LogP) is 2.18. The van der Waals surface area contributed by atoms with E-state index >= 15 is 0 Å². The highest BCUT2D eigenvalue weighted by atomic mass is 35.5. The Labute approximate surface area is 155 Å². The molecule has 0 bridgehead atoms. The number of aromatic nitrogens is 2. The van der Waals surface area contributed by atoms with E-state index in [9.17, 15) is 19.5 Å². The Hall–Kier alpha value is -2.67. The standard InChI is InChI=1S/C18H20ClN3O4/c1-11(2)9-15(18(25)26)20-16(23)10-22-17(24)8-7-14(21-22)12-5-3-4-6-13(12)19/h3-8,11,15H,9-10H2,1-2H3,(H,20,23)(H,25,26). The molecule has 0 spiro atoms. The molecule has 7 nitrogen and oxygen atoms in total. The van der Waals surface area contributed by atoms with Crippen molar-refractivity contribution in [3.8, 4) is 11.3 Å². The van der Waals surface area contributed by atoms with Crippen molar-refractivity contribution < 1.29 is 14.7 Å². The monoisotopic (exact) mass is 377 g/mol. The largest absolute Gasteiger partial charge is 0.480 e. The van der Waals surface area contributed by atoms with Gasteiger partial charge in [0.1, 0.15) is 12.6 Å². The van der Waals surface area contributed by atoms with E-state index < -0.39 is 23.5 Å². The van der Waals surface area contributed by atoms with Gasteiger partial charge in [-0.1, -0.05) is 43.6 Å². The zero-order valence-electron chi connectivity index (χ0n) is 14.5. The van der Waals surface area contributed by atoms with Crippen LogP contribution in [-0.4, -0.2) is 32.8 Å². The molecular formula is C18H20ClN3O4. The topological polar surface area (TPSA) is 101 Å². The van der Waals surface area contributed by atoms with Crippen LogP contribution in [0, 0.1) is 5.92 Å². The normalized spacial score (nSPS) is 12.0. The molecule has 0 aliphatic heterocycles. The van der Waals surface area contributed by atoms with Gasteiger partial charge in [0.25, 0.3) is 5.56 Å². The Balaban J connectivity index is 2.20. The molecular weight excluding hydrogens is 358 g/mol. The number of benzene rings is 1. The Bertz CT molecular complexity index is 864. The molecule has 0 aliphatic rings. The third kappa shape index (κ3) is 5.16. The minimum atomic E-state index is -1.11. The maximum absolute atomic E-state index is 12.2. The molecule has 2 N–H and O–H groups in total. The van der Waals surface area contributed by atoms with Gasteiger partial charge in [-0.05, 0) is 24.5 Å². The van der Waals surface area contributed by atoms with Crippen molar-refractivity contribution in [2.45, 2.75) is 32.9 Å². The summed E-state index contributed by atoms with van der Waals surface area (Å²) in [5.74, 6) is -1.61. The average molecular weight is 378 g/mol. The quantitative estimate of drug-likeness (QED) is 0.770. The number of carboxylic acid groups (broad SMARTS) is 1. The van der Waals surface area contributed by atoms with Gasteiger partial charge in [0, 0.05) is 11.6 Å². The Morgan fingerprint density at radius 2 is 1.92 bits per heavy atom. The van der Waals surface area contributed by atoms with Gasteiger partial charge in [-0.25, -0.2) is 9.48 Å². The highest BCUT2D eigenvalue weighted by Gasteiger charge is 2.21. The summed E-state index contributed by atoms with van der Waals surface area (Å²) in [6, 6.07) is 8.82. The first-order valence-electron chi connectivity index (χ1n) is 8.13. The molecule has 138 valence electrons. The van der Waals surface area contributed by atoms with E-state index in [0.717, 1.165) is 4.68 Å². The second-order valence-electron chi connectivity index (χ2n) is 6.28. The molecule has 0 saturated carbocycles. The minimum Gasteiger partial charge on any atom is -0.480 e. The van der Waals surface area contributed by atoms with Gasteiger partial charge in [-0.15, -0.1) is 0 Å². The highest BCUT2D eigenvalue weighted by Crippen LogP contribution is 2.24. The molecule has 2 rings (SSSR count). The lowest BCUT2D eigenvalue weighted by Gasteiger charge is -2.16. The molecule has 1 amide bonds. The van der Waals surface area contributed by atoms with Crippen molar-refractivity contribution >= 4 is 23.5 Å². The van der Waals surface area contributed by atoms with Crippen LogP contribution in [0.4, 0.5) is 0 Å². The highest BCUT2D eigenvalue weighted by molar-refractivity contribution is 6.33. The SMILES string of the molecule is CC(C)CC(NC(=O)Cn1nc(-c2ccccc2Cl)ccc1=O)C(=O)O. The van der Waals surface area contributed by atoms with E-state index in [1.165, 1.54) is 12.1 Å². The second-order valence-corrected chi connectivity index (χ2v) is 6.69. The lowest BCUT2D eigenvalue weighted by molar-refractivity contribution is -0.142. The molecule has 1 unspecified atom stereocenters. The molecule has 1 heterocycles. The first-order chi connectivity index (χ1) is 12.3. The van der Waals surface area contributed by atoms with Gasteiger partial charge in [-0.2, -0.15) is 5.10 Å². The zero-order valence-corrected chi connectivity index (χ0v) is 15.2. The summed E-state index contributed by atoms with van der Waals surface area (Å²) in [4.78, 5) is 35.4. The van der Waals surface area contributed by atoms with Gasteiger partial charge >= 0.3 is 5.97 Å². The number of nitrogens with one attached hydrogen (secondary N) is 1. The Kier molecular flexibility index (Phi) is 6.52. The van der Waals surface area contributed by atoms with Crippen LogP contribution in [0.5, 0.6) is 0 Å². The minimum absolute atomic E-state index is 0.0980. The second kappa shape index (κ2) is 8.62. The molecule has 0 fully saturated rings. The molecule has 26 heavy (non-hydrogen) atoms. The fraction of sp³-hybridized carbons (Fsp3) is 0.333. The lowest BCUT2D eigenvalue weighted by atomic mass is 10.0. The average Bonchev–Trinajstić information content (AvgIpc) is 2.56. The number of hydrogen-bond donors (Lipinski definition) is 2. The number of carboxylic acids is 1. The third-order valence-corrected chi connectivity index (χ3v) is 3.98. The maximum Gasteiger partial charge on any atom is 0.326 e. The number of nitrogens with zero attached hydrogens (tertiary/aromatic N) is 2. The molecule has 0 aliphatic carbocycles. The van der Waals surface area contributed by atoms with Crippen LogP contribution >= 0.6 is 11.6 Å². The predicted molar refractivity (Wildman–Crippen MR) is 98.0 cm³/mol. The van der Waals surface area contributed by atoms with Gasteiger partial charge in [-0.3, -0.25) is 9.59 Å². The van der Waals surface area contributed by atoms with Crippen molar-refractivity contribution in [2.24, 2.45) is 5.92 Å². The fourth-order valence-electron chi connectivity index (χ4n) is 2.44. The number of halogens is 1. The van der Waals surface area contributed by atoms with Gasteiger partial charge in [0.15, 0.2) is 0 Å². The smallest absolute Gasteiger partial charge is 0.326 e. The van der Waals surface area contributed by atoms with E-state index in [2.05, 4.69) is 10.4 Å². The van der Waals surface area contributed by atoms with Crippen LogP contribution in [0.3, 0.4) is 0 Å². The van der Waals surface area contributed by atoms with Crippen LogP contribution < -0.4 is 10.9 Å². The van der Waals surface area contributed by atoms with Crippen molar-refractivity contribution in [3.05, 3.63) is 51.8 Å². The molecule has 1 atom stereocenters. The fourth-order valence-corrected chi connectivity index (χ4v) is 2.68. The van der Waals surface area contributed by atoms with E-state index in [1.54, 1.807) is 24.3 Å². The number of carbonyl (C=O) groups excluding carboxylic acids is 1. The van der Waals surface area contributed by atoms with E-state index in [0.29, 0.717) is 22.7 Å². The van der Waals surface area contributed by atoms with E-state index in [-0.39, 0.29) is 12.5 Å². The molecule has 1 aromatic heterocycles. The van der Waals surface area contributed by atoms with E-state index in [1.807, 2.05) is 13.8 Å². The molecule has 0 saturated heterocycles. The number of rotatable bonds is 7. The van der Waals surface area contributed by atoms with Crippen molar-refractivity contribution in [1.82, 2.24) is 15.1 Å². The van der Waals surface area contributed by atoms with Crippen LogP contribution in [0.15, 0.2) is 41.2 Å². The van der Waals surface area contributed by atoms with Gasteiger partial charge in [0.2, 0.25) is 5.91 Å². The molecule has 8 heteroatoms. The van der Waals surface area contributed by atoms with Crippen LogP contribution in [0.25, 0.3) is 11.3 Å². The first-order valence-corrected chi connectivity index (χ1v) is 8.51. The lowest BCUT2D eigenvalue weighted by Crippen LogP contribution is -2.44. The van der Waals surface area contributed by atoms with Crippen LogP contribution in [0.1, 0.15) is 20.3 Å². The molecule has 2 aromatic rings. The van der Waals surface area contributed by atoms with Gasteiger partial charge in [0.05, 0.1) is 10.7 Å². The number of amides is 1. The number of carbonyl (C=O) groups is 2. The van der Waals surface area contributed by atoms with Crippen molar-refractivity contribution in [2.75, 3.05) is 0 Å². The Morgan fingerprint density at radius 3 is 2.54 bits per heavy atom. The third-order valence-electron chi connectivity index (χ3n) is 3.65. The molecule has 1 aromatic carbocycles. The molecule has 0 radical (unpaired) electrons. The maximum atomic E-state index is 12.2. The van der Waals surface area contributed by atoms with Crippen LogP contribution in [-0.2, 0) is 16.1 Å². The summed E-state index contributed by atoms with van der Waals surface area (Å²) in [6.45, 7) is 3.35. The van der Waals surface area contributed by atoms with Gasteiger partial charge < -0.3 is 10.4 Å². The summed E-state index contributed by atoms with van der Waals surface area (Å²) in [7, 11) is 0. The summed E-state index contributed by atoms with van der Waals surface area (Å²) >= 11 is 6.14. The summed E-state index contributed by atoms with van der Waals surface area (Å²) in [5, 5.41) is 16.3. The zero-order chi connectivity index (χ0) is 19.3. The summed E-state index contributed by atoms with van der Waals surface area (Å²) in [6.07, 6.45) is 0.295. The van der Waals surface area contributed by atoms with E-state index in [4.69, 9.17) is 11.6 Å². The van der Waals surface area contributed by atoms with Crippen molar-refractivity contribution in [1.29, 1.82) is 0 Å². The van der Waals surface area contributed by atoms with Crippen molar-refractivity contribution in [3.63, 3.8) is 0 Å². The number of aliphatic carboxylic acids is 1. The Morgan fingerprint density at radius 1 is 1.23 bits per heavy atom. The summed E-state index contributed by atoms with van der Waals surface area (Å²) < 4.78 is 0.988. The summed E-state index contributed by atoms with van der Waals surface area (Å²) in [5.41, 5.74) is 0.609. The first kappa shape index (κ1) is 19.7.